The van der Waals surface area contributed by atoms with Gasteiger partial charge in [-0.3, -0.25) is 4.79 Å². The van der Waals surface area contributed by atoms with E-state index in [0.717, 1.165) is 32.1 Å². The van der Waals surface area contributed by atoms with Crippen LogP contribution in [-0.4, -0.2) is 13.1 Å². The van der Waals surface area contributed by atoms with Crippen LogP contribution in [0.25, 0.3) is 0 Å². The molecule has 0 aromatic heterocycles. The number of carbonyl (C=O) groups is 1. The van der Waals surface area contributed by atoms with Crippen molar-refractivity contribution in [1.29, 1.82) is 0 Å². The Labute approximate surface area is 106 Å². The molecular formula is C15H28O2. The summed E-state index contributed by atoms with van der Waals surface area (Å²) < 4.78 is 4.83. The molecular weight excluding hydrogens is 212 g/mol. The first-order valence-electron chi connectivity index (χ1n) is 6.95. The molecule has 1 unspecified atom stereocenters. The lowest BCUT2D eigenvalue weighted by Crippen LogP contribution is -2.15. The number of allylic oxidation sites excluding steroid dienone is 1. The zero-order chi connectivity index (χ0) is 12.9. The van der Waals surface area contributed by atoms with Crippen molar-refractivity contribution in [3.63, 3.8) is 0 Å². The molecule has 0 radical (unpaired) electrons. The van der Waals surface area contributed by atoms with Gasteiger partial charge in [-0.2, -0.15) is 0 Å². The van der Waals surface area contributed by atoms with Crippen LogP contribution in [0.1, 0.15) is 64.7 Å². The Hall–Kier alpha value is -0.790. The Bertz CT molecular complexity index is 199. The van der Waals surface area contributed by atoms with Crippen molar-refractivity contribution in [1.82, 2.24) is 0 Å². The fourth-order valence-corrected chi connectivity index (χ4v) is 2.10. The van der Waals surface area contributed by atoms with Gasteiger partial charge in [-0.15, -0.1) is 6.58 Å². The third kappa shape index (κ3) is 8.96. The molecule has 0 saturated heterocycles. The molecule has 0 spiro atoms. The highest BCUT2D eigenvalue weighted by atomic mass is 16.5. The summed E-state index contributed by atoms with van der Waals surface area (Å²) in [5, 5.41) is 0. The molecule has 0 bridgehead atoms. The Morgan fingerprint density at radius 3 is 2.41 bits per heavy atom. The lowest BCUT2D eigenvalue weighted by atomic mass is 9.96. The van der Waals surface area contributed by atoms with Crippen LogP contribution >= 0.6 is 0 Å². The first kappa shape index (κ1) is 16.2. The zero-order valence-electron chi connectivity index (χ0n) is 11.5. The van der Waals surface area contributed by atoms with Crippen LogP contribution in [0.4, 0.5) is 0 Å². The molecule has 0 aliphatic heterocycles. The molecule has 17 heavy (non-hydrogen) atoms. The van der Waals surface area contributed by atoms with Gasteiger partial charge in [-0.25, -0.2) is 0 Å². The minimum atomic E-state index is -0.0292. The van der Waals surface area contributed by atoms with Crippen LogP contribution < -0.4 is 0 Å². The molecule has 0 aromatic rings. The molecule has 0 fully saturated rings. The molecule has 0 rings (SSSR count). The van der Waals surface area contributed by atoms with Crippen LogP contribution in [0.15, 0.2) is 12.7 Å². The van der Waals surface area contributed by atoms with Crippen molar-refractivity contribution in [2.45, 2.75) is 64.7 Å². The van der Waals surface area contributed by atoms with E-state index in [-0.39, 0.29) is 11.9 Å². The molecule has 0 heterocycles. The highest BCUT2D eigenvalue weighted by Crippen LogP contribution is 2.18. The highest BCUT2D eigenvalue weighted by Gasteiger charge is 2.16. The number of esters is 1. The largest absolute Gasteiger partial charge is 0.469 e. The van der Waals surface area contributed by atoms with Gasteiger partial charge in [0.15, 0.2) is 0 Å². The van der Waals surface area contributed by atoms with Gasteiger partial charge in [-0.05, 0) is 25.7 Å². The van der Waals surface area contributed by atoms with Gasteiger partial charge in [0.05, 0.1) is 13.0 Å². The van der Waals surface area contributed by atoms with Crippen LogP contribution in [0.2, 0.25) is 0 Å². The first-order valence-corrected chi connectivity index (χ1v) is 6.95. The third-order valence-electron chi connectivity index (χ3n) is 3.13. The summed E-state index contributed by atoms with van der Waals surface area (Å²) >= 11 is 0. The molecule has 0 aromatic carbocycles. The molecule has 0 N–H and O–H groups in total. The first-order chi connectivity index (χ1) is 8.26. The molecule has 0 aliphatic rings. The summed E-state index contributed by atoms with van der Waals surface area (Å²) in [4.78, 5) is 11.5. The Kier molecular flexibility index (Phi) is 11.1. The van der Waals surface area contributed by atoms with Crippen LogP contribution in [-0.2, 0) is 9.53 Å². The van der Waals surface area contributed by atoms with Crippen molar-refractivity contribution in [3.05, 3.63) is 12.7 Å². The number of unbranched alkanes of at least 4 members (excludes halogenated alkanes) is 5. The van der Waals surface area contributed by atoms with Crippen LogP contribution in [0.5, 0.6) is 0 Å². The third-order valence-corrected chi connectivity index (χ3v) is 3.13. The van der Waals surface area contributed by atoms with E-state index in [2.05, 4.69) is 13.5 Å². The van der Waals surface area contributed by atoms with Gasteiger partial charge in [0.25, 0.3) is 0 Å². The molecule has 0 aliphatic carbocycles. The quantitative estimate of drug-likeness (QED) is 0.302. The average molecular weight is 240 g/mol. The van der Waals surface area contributed by atoms with E-state index in [4.69, 9.17) is 4.74 Å². The predicted octanol–water partition coefficient (Wildman–Crippen LogP) is 4.49. The minimum absolute atomic E-state index is 0.0292. The standard InChI is InChI=1S/C15H28O2/c1-4-6-7-8-9-10-11-13-14(12-5-2)15(16)17-3/h4,14H,1,5-13H2,2-3H3. The summed E-state index contributed by atoms with van der Waals surface area (Å²) in [5.74, 6) is 0.0942. The normalized spacial score (nSPS) is 12.1. The number of methoxy groups -OCH3 is 1. The van der Waals surface area contributed by atoms with Gasteiger partial charge in [0.1, 0.15) is 0 Å². The van der Waals surface area contributed by atoms with E-state index in [1.165, 1.54) is 32.8 Å². The number of carbonyl (C=O) groups excluding carboxylic acids is 1. The molecule has 2 nitrogen and oxygen atoms in total. The minimum Gasteiger partial charge on any atom is -0.469 e. The summed E-state index contributed by atoms with van der Waals surface area (Å²) in [6, 6.07) is 0. The lowest BCUT2D eigenvalue weighted by Gasteiger charge is -2.13. The van der Waals surface area contributed by atoms with E-state index in [9.17, 15) is 4.79 Å². The van der Waals surface area contributed by atoms with Crippen molar-refractivity contribution < 1.29 is 9.53 Å². The average Bonchev–Trinajstić information content (AvgIpc) is 2.35. The van der Waals surface area contributed by atoms with E-state index in [1.54, 1.807) is 0 Å². The smallest absolute Gasteiger partial charge is 0.308 e. The predicted molar refractivity (Wildman–Crippen MR) is 72.9 cm³/mol. The maximum absolute atomic E-state index is 11.5. The fourth-order valence-electron chi connectivity index (χ4n) is 2.10. The monoisotopic (exact) mass is 240 g/mol. The van der Waals surface area contributed by atoms with Gasteiger partial charge in [0.2, 0.25) is 0 Å². The Balaban J connectivity index is 3.54. The van der Waals surface area contributed by atoms with Gasteiger partial charge >= 0.3 is 5.97 Å². The Morgan fingerprint density at radius 1 is 1.18 bits per heavy atom. The van der Waals surface area contributed by atoms with Gasteiger partial charge in [0, 0.05) is 0 Å². The highest BCUT2D eigenvalue weighted by molar-refractivity contribution is 5.72. The number of ether oxygens (including phenoxy) is 1. The Morgan fingerprint density at radius 2 is 1.82 bits per heavy atom. The molecule has 2 heteroatoms. The SMILES string of the molecule is C=CCCCCCCCC(CCC)C(=O)OC. The topological polar surface area (TPSA) is 26.3 Å². The second-order valence-corrected chi connectivity index (χ2v) is 4.64. The number of rotatable bonds is 11. The molecule has 1 atom stereocenters. The molecule has 0 saturated carbocycles. The van der Waals surface area contributed by atoms with Crippen molar-refractivity contribution in [2.75, 3.05) is 7.11 Å². The maximum Gasteiger partial charge on any atom is 0.308 e. The summed E-state index contributed by atoms with van der Waals surface area (Å²) in [5.41, 5.74) is 0. The van der Waals surface area contributed by atoms with Crippen molar-refractivity contribution >= 4 is 5.97 Å². The summed E-state index contributed by atoms with van der Waals surface area (Å²) in [6.07, 6.45) is 12.3. The summed E-state index contributed by atoms with van der Waals surface area (Å²) in [7, 11) is 1.49. The van der Waals surface area contributed by atoms with Crippen molar-refractivity contribution in [3.8, 4) is 0 Å². The molecule has 0 amide bonds. The maximum atomic E-state index is 11.5. The van der Waals surface area contributed by atoms with E-state index in [0.29, 0.717) is 0 Å². The van der Waals surface area contributed by atoms with Crippen LogP contribution in [0, 0.1) is 5.92 Å². The fraction of sp³-hybridized carbons (Fsp3) is 0.800. The summed E-state index contributed by atoms with van der Waals surface area (Å²) in [6.45, 7) is 5.83. The van der Waals surface area contributed by atoms with Gasteiger partial charge < -0.3 is 4.74 Å². The van der Waals surface area contributed by atoms with E-state index >= 15 is 0 Å². The van der Waals surface area contributed by atoms with Gasteiger partial charge in [-0.1, -0.05) is 45.1 Å². The number of hydrogen-bond acceptors (Lipinski definition) is 2. The lowest BCUT2D eigenvalue weighted by molar-refractivity contribution is -0.146. The van der Waals surface area contributed by atoms with E-state index in [1.807, 2.05) is 6.08 Å². The van der Waals surface area contributed by atoms with E-state index < -0.39 is 0 Å². The number of hydrogen-bond donors (Lipinski definition) is 0. The van der Waals surface area contributed by atoms with Crippen LogP contribution in [0.3, 0.4) is 0 Å². The van der Waals surface area contributed by atoms with Crippen molar-refractivity contribution in [2.24, 2.45) is 5.92 Å². The second-order valence-electron chi connectivity index (χ2n) is 4.64. The zero-order valence-corrected chi connectivity index (χ0v) is 11.5. The second kappa shape index (κ2) is 11.7. The molecule has 100 valence electrons.